The van der Waals surface area contributed by atoms with E-state index in [1.54, 1.807) is 30.3 Å². The Labute approximate surface area is 278 Å². The first-order chi connectivity index (χ1) is 22.7. The van der Waals surface area contributed by atoms with Crippen LogP contribution in [0.5, 0.6) is 11.5 Å². The predicted molar refractivity (Wildman–Crippen MR) is 184 cm³/mol. The highest BCUT2D eigenvalue weighted by atomic mass is 32.2. The number of hydrogen-bond donors (Lipinski definition) is 1. The summed E-state index contributed by atoms with van der Waals surface area (Å²) in [6.45, 7) is 3.95. The van der Waals surface area contributed by atoms with Crippen molar-refractivity contribution in [2.75, 3.05) is 31.6 Å². The first-order valence-electron chi connectivity index (χ1n) is 15.6. The smallest absolute Gasteiger partial charge is 0.264 e. The van der Waals surface area contributed by atoms with E-state index in [4.69, 9.17) is 9.47 Å². The van der Waals surface area contributed by atoms with Gasteiger partial charge in [-0.25, -0.2) is 8.42 Å². The zero-order valence-electron chi connectivity index (χ0n) is 27.4. The van der Waals surface area contributed by atoms with Crippen LogP contribution < -0.4 is 19.1 Å². The molecule has 9 nitrogen and oxygen atoms in total. The minimum Gasteiger partial charge on any atom is -0.497 e. The molecular formula is C37H43N3O6S. The largest absolute Gasteiger partial charge is 0.497 e. The molecule has 0 aliphatic heterocycles. The Morgan fingerprint density at radius 2 is 1.51 bits per heavy atom. The van der Waals surface area contributed by atoms with Gasteiger partial charge in [0.2, 0.25) is 11.8 Å². The Morgan fingerprint density at radius 3 is 2.15 bits per heavy atom. The quantitative estimate of drug-likeness (QED) is 0.154. The molecule has 47 heavy (non-hydrogen) atoms. The van der Waals surface area contributed by atoms with Crippen LogP contribution in [0, 0.1) is 6.92 Å². The van der Waals surface area contributed by atoms with Gasteiger partial charge in [-0.05, 0) is 48.7 Å². The third-order valence-electron chi connectivity index (χ3n) is 7.80. The molecule has 248 valence electrons. The second-order valence-electron chi connectivity index (χ2n) is 11.2. The van der Waals surface area contributed by atoms with Crippen LogP contribution in [-0.4, -0.2) is 58.5 Å². The number of benzene rings is 4. The van der Waals surface area contributed by atoms with E-state index in [2.05, 4.69) is 5.32 Å². The summed E-state index contributed by atoms with van der Waals surface area (Å²) in [5, 5.41) is 3.01. The Kier molecular flexibility index (Phi) is 12.4. The fraction of sp³-hybridized carbons (Fsp3) is 0.297. The lowest BCUT2D eigenvalue weighted by atomic mass is 10.0. The van der Waals surface area contributed by atoms with Gasteiger partial charge in [-0.15, -0.1) is 0 Å². The van der Waals surface area contributed by atoms with Crippen LogP contribution in [0.3, 0.4) is 0 Å². The van der Waals surface area contributed by atoms with Gasteiger partial charge in [-0.1, -0.05) is 91.7 Å². The lowest BCUT2D eigenvalue weighted by Crippen LogP contribution is -2.53. The molecule has 0 heterocycles. The van der Waals surface area contributed by atoms with Gasteiger partial charge < -0.3 is 19.7 Å². The lowest BCUT2D eigenvalue weighted by molar-refractivity contribution is -0.140. The first-order valence-corrected chi connectivity index (χ1v) is 17.1. The van der Waals surface area contributed by atoms with Gasteiger partial charge >= 0.3 is 0 Å². The van der Waals surface area contributed by atoms with E-state index in [0.29, 0.717) is 12.3 Å². The number of aryl methyl sites for hydroxylation is 1. The fourth-order valence-electron chi connectivity index (χ4n) is 5.29. The second-order valence-corrected chi connectivity index (χ2v) is 13.1. The number of nitrogens with one attached hydrogen (secondary N) is 1. The van der Waals surface area contributed by atoms with E-state index in [1.165, 1.54) is 37.3 Å². The van der Waals surface area contributed by atoms with Crippen molar-refractivity contribution < 1.29 is 27.5 Å². The number of methoxy groups -OCH3 is 2. The summed E-state index contributed by atoms with van der Waals surface area (Å²) in [5.74, 6) is -0.237. The van der Waals surface area contributed by atoms with Crippen molar-refractivity contribution in [3.63, 3.8) is 0 Å². The van der Waals surface area contributed by atoms with E-state index in [9.17, 15) is 18.0 Å². The maximum Gasteiger partial charge on any atom is 0.264 e. The van der Waals surface area contributed by atoms with Gasteiger partial charge in [0.1, 0.15) is 24.1 Å². The second kappa shape index (κ2) is 16.6. The number of hydrogen-bond acceptors (Lipinski definition) is 6. The molecule has 4 aromatic carbocycles. The third kappa shape index (κ3) is 9.13. The van der Waals surface area contributed by atoms with Gasteiger partial charge in [-0.2, -0.15) is 0 Å². The zero-order valence-corrected chi connectivity index (χ0v) is 28.2. The number of sulfonamides is 1. The van der Waals surface area contributed by atoms with E-state index >= 15 is 0 Å². The summed E-state index contributed by atoms with van der Waals surface area (Å²) < 4.78 is 40.7. The molecule has 0 saturated heterocycles. The van der Waals surface area contributed by atoms with Crippen molar-refractivity contribution in [3.8, 4) is 11.5 Å². The molecule has 0 radical (unpaired) electrons. The topological polar surface area (TPSA) is 105 Å². The zero-order chi connectivity index (χ0) is 33.8. The van der Waals surface area contributed by atoms with Crippen LogP contribution in [0.15, 0.2) is 108 Å². The minimum absolute atomic E-state index is 0.000973. The predicted octanol–water partition coefficient (Wildman–Crippen LogP) is 5.76. The number of rotatable bonds is 16. The van der Waals surface area contributed by atoms with Crippen LogP contribution >= 0.6 is 0 Å². The van der Waals surface area contributed by atoms with Crippen LogP contribution in [0.4, 0.5) is 5.69 Å². The SMILES string of the molecule is CCCCNC(=O)C(Cc1ccccc1)N(Cc1cccc(C)c1)C(=O)CN(c1cc(OC)ccc1OC)S(=O)(=O)c1ccccc1. The first kappa shape index (κ1) is 35.0. The molecule has 0 saturated carbocycles. The normalized spacial score (nSPS) is 11.7. The summed E-state index contributed by atoms with van der Waals surface area (Å²) in [5.41, 5.74) is 2.81. The summed E-state index contributed by atoms with van der Waals surface area (Å²) in [6, 6.07) is 29.0. The van der Waals surface area contributed by atoms with Gasteiger partial charge in [-0.3, -0.25) is 13.9 Å². The van der Waals surface area contributed by atoms with E-state index < -0.39 is 28.5 Å². The fourth-order valence-corrected chi connectivity index (χ4v) is 6.73. The molecule has 1 N–H and O–H groups in total. The molecule has 0 aliphatic rings. The molecule has 0 aliphatic carbocycles. The summed E-state index contributed by atoms with van der Waals surface area (Å²) >= 11 is 0. The van der Waals surface area contributed by atoms with E-state index in [0.717, 1.165) is 33.8 Å². The van der Waals surface area contributed by atoms with Crippen molar-refractivity contribution in [3.05, 3.63) is 120 Å². The molecule has 4 rings (SSSR count). The van der Waals surface area contributed by atoms with Gasteiger partial charge in [0, 0.05) is 25.6 Å². The Bertz CT molecular complexity index is 1730. The summed E-state index contributed by atoms with van der Waals surface area (Å²) in [4.78, 5) is 30.1. The standard InChI is InChI=1S/C37H43N3O6S/c1-5-6-22-38-37(42)34(24-29-15-9-7-10-16-29)39(26-30-17-13-14-28(2)23-30)36(41)27-40(47(43,44)32-18-11-8-12-19-32)33-25-31(45-3)20-21-35(33)46-4/h7-21,23,25,34H,5-6,22,24,26-27H2,1-4H3,(H,38,42). The maximum absolute atomic E-state index is 14.7. The monoisotopic (exact) mass is 657 g/mol. The average Bonchev–Trinajstić information content (AvgIpc) is 3.09. The van der Waals surface area contributed by atoms with Crippen molar-refractivity contribution in [2.45, 2.75) is 50.6 Å². The number of carbonyl (C=O) groups excluding carboxylic acids is 2. The molecule has 4 aromatic rings. The minimum atomic E-state index is -4.29. The maximum atomic E-state index is 14.7. The highest BCUT2D eigenvalue weighted by molar-refractivity contribution is 7.92. The Morgan fingerprint density at radius 1 is 0.830 bits per heavy atom. The highest BCUT2D eigenvalue weighted by Crippen LogP contribution is 2.36. The molecule has 0 fully saturated rings. The molecular weight excluding hydrogens is 614 g/mol. The lowest BCUT2D eigenvalue weighted by Gasteiger charge is -2.34. The number of carbonyl (C=O) groups is 2. The van der Waals surface area contributed by atoms with Crippen LogP contribution in [0.1, 0.15) is 36.5 Å². The Hall–Kier alpha value is -4.83. The summed E-state index contributed by atoms with van der Waals surface area (Å²) in [6.07, 6.45) is 1.92. The highest BCUT2D eigenvalue weighted by Gasteiger charge is 2.35. The molecule has 1 unspecified atom stereocenters. The molecule has 10 heteroatoms. The summed E-state index contributed by atoms with van der Waals surface area (Å²) in [7, 11) is -1.39. The number of unbranched alkanes of at least 4 members (excludes halogenated alkanes) is 1. The number of amides is 2. The number of anilines is 1. The van der Waals surface area contributed by atoms with E-state index in [1.807, 2.05) is 68.4 Å². The van der Waals surface area contributed by atoms with Gasteiger partial charge in [0.15, 0.2) is 0 Å². The molecule has 0 bridgehead atoms. The molecule has 0 spiro atoms. The number of nitrogens with zero attached hydrogens (tertiary/aromatic N) is 2. The molecule has 1 atom stereocenters. The van der Waals surface area contributed by atoms with E-state index in [-0.39, 0.29) is 35.2 Å². The van der Waals surface area contributed by atoms with Gasteiger partial charge in [0.05, 0.1) is 24.8 Å². The van der Waals surface area contributed by atoms with Crippen LogP contribution in [-0.2, 0) is 32.6 Å². The Balaban J connectivity index is 1.84. The van der Waals surface area contributed by atoms with Crippen LogP contribution in [0.25, 0.3) is 0 Å². The van der Waals surface area contributed by atoms with Crippen molar-refractivity contribution in [1.82, 2.24) is 10.2 Å². The van der Waals surface area contributed by atoms with Crippen molar-refractivity contribution in [1.29, 1.82) is 0 Å². The van der Waals surface area contributed by atoms with Crippen LogP contribution in [0.2, 0.25) is 0 Å². The molecule has 2 amide bonds. The van der Waals surface area contributed by atoms with Crippen molar-refractivity contribution in [2.24, 2.45) is 0 Å². The van der Waals surface area contributed by atoms with Gasteiger partial charge in [0.25, 0.3) is 10.0 Å². The average molecular weight is 658 g/mol. The third-order valence-corrected chi connectivity index (χ3v) is 9.57. The number of ether oxygens (including phenoxy) is 2. The van der Waals surface area contributed by atoms with Crippen molar-refractivity contribution >= 4 is 27.5 Å². The molecule has 0 aromatic heterocycles.